The van der Waals surface area contributed by atoms with Gasteiger partial charge in [-0.3, -0.25) is 9.48 Å². The van der Waals surface area contributed by atoms with Crippen LogP contribution >= 0.6 is 11.3 Å². The van der Waals surface area contributed by atoms with Crippen LogP contribution in [0.25, 0.3) is 21.8 Å². The van der Waals surface area contributed by atoms with Crippen molar-refractivity contribution in [1.82, 2.24) is 29.6 Å². The fraction of sp³-hybridized carbons (Fsp3) is 0.208. The highest BCUT2D eigenvalue weighted by Crippen LogP contribution is 2.33. The third-order valence-electron chi connectivity index (χ3n) is 5.42. The summed E-state index contributed by atoms with van der Waals surface area (Å²) in [5.41, 5.74) is 5.40. The fourth-order valence-electron chi connectivity index (χ4n) is 3.77. The van der Waals surface area contributed by atoms with Crippen LogP contribution in [0.3, 0.4) is 0 Å². The highest BCUT2D eigenvalue weighted by Gasteiger charge is 2.19. The quantitative estimate of drug-likeness (QED) is 0.380. The van der Waals surface area contributed by atoms with Gasteiger partial charge in [0.2, 0.25) is 0 Å². The largest absolute Gasteiger partial charge is 0.480 e. The van der Waals surface area contributed by atoms with Crippen LogP contribution in [0.2, 0.25) is 0 Å². The molecule has 172 valence electrons. The summed E-state index contributed by atoms with van der Waals surface area (Å²) in [4.78, 5) is 27.0. The van der Waals surface area contributed by atoms with E-state index in [0.717, 1.165) is 27.8 Å². The molecule has 1 atom stereocenters. The van der Waals surface area contributed by atoms with E-state index >= 15 is 0 Å². The van der Waals surface area contributed by atoms with Crippen molar-refractivity contribution in [3.05, 3.63) is 65.5 Å². The molecule has 3 heterocycles. The molecule has 10 heteroatoms. The standard InChI is InChI=1S/C24H23N7O2S/c1-15(24(32)30(2)3)33-21-6-4-5-19-22(21)23(26-13-25-19)29-17-7-8-20-16(9-17)10-28-31(20)11-18-12-34-14-27-18/h4-10,12-15H,11H2,1-3H3,(H,25,26,29)/t15-/m1/s1. The Hall–Kier alpha value is -4.05. The van der Waals surface area contributed by atoms with Gasteiger partial charge in [-0.05, 0) is 37.3 Å². The number of amides is 1. The van der Waals surface area contributed by atoms with Crippen LogP contribution in [0.1, 0.15) is 12.6 Å². The van der Waals surface area contributed by atoms with Crippen LogP contribution in [0.4, 0.5) is 11.5 Å². The lowest BCUT2D eigenvalue weighted by atomic mass is 10.2. The lowest BCUT2D eigenvalue weighted by Crippen LogP contribution is -2.35. The number of hydrogen-bond donors (Lipinski definition) is 1. The maximum atomic E-state index is 12.3. The third kappa shape index (κ3) is 4.27. The van der Waals surface area contributed by atoms with Crippen molar-refractivity contribution in [3.8, 4) is 5.75 Å². The second kappa shape index (κ2) is 9.06. The minimum Gasteiger partial charge on any atom is -0.480 e. The van der Waals surface area contributed by atoms with Crippen molar-refractivity contribution in [1.29, 1.82) is 0 Å². The summed E-state index contributed by atoms with van der Waals surface area (Å²) in [5, 5.41) is 11.6. The zero-order valence-electron chi connectivity index (χ0n) is 19.0. The van der Waals surface area contributed by atoms with Crippen molar-refractivity contribution >= 4 is 50.6 Å². The number of aromatic nitrogens is 5. The number of rotatable bonds is 7. The molecule has 1 N–H and O–H groups in total. The summed E-state index contributed by atoms with van der Waals surface area (Å²) in [6.07, 6.45) is 2.70. The normalized spacial score (nSPS) is 12.1. The molecule has 0 aliphatic heterocycles. The smallest absolute Gasteiger partial charge is 0.262 e. The second-order valence-corrected chi connectivity index (χ2v) is 8.76. The van der Waals surface area contributed by atoms with Gasteiger partial charge in [-0.1, -0.05) is 6.07 Å². The topological polar surface area (TPSA) is 98.1 Å². The number of anilines is 2. The Kier molecular flexibility index (Phi) is 5.81. The first-order valence-electron chi connectivity index (χ1n) is 10.7. The minimum atomic E-state index is -0.645. The van der Waals surface area contributed by atoms with Crippen LogP contribution in [0.15, 0.2) is 59.8 Å². The first-order chi connectivity index (χ1) is 16.5. The molecule has 3 aromatic heterocycles. The summed E-state index contributed by atoms with van der Waals surface area (Å²) in [6, 6.07) is 11.6. The Morgan fingerprint density at radius 2 is 2.09 bits per heavy atom. The van der Waals surface area contributed by atoms with E-state index in [1.54, 1.807) is 32.4 Å². The molecule has 0 spiro atoms. The summed E-state index contributed by atoms with van der Waals surface area (Å²) >= 11 is 1.57. The number of carbonyl (C=O) groups excluding carboxylic acids is 1. The van der Waals surface area contributed by atoms with E-state index < -0.39 is 6.10 Å². The predicted molar refractivity (Wildman–Crippen MR) is 133 cm³/mol. The Labute approximate surface area is 200 Å². The number of nitrogens with one attached hydrogen (secondary N) is 1. The van der Waals surface area contributed by atoms with Gasteiger partial charge in [0.15, 0.2) is 6.10 Å². The number of hydrogen-bond acceptors (Lipinski definition) is 8. The first-order valence-corrected chi connectivity index (χ1v) is 11.6. The van der Waals surface area contributed by atoms with Crippen LogP contribution in [-0.2, 0) is 11.3 Å². The molecule has 5 rings (SSSR count). The summed E-state index contributed by atoms with van der Waals surface area (Å²) in [7, 11) is 3.41. The number of fused-ring (bicyclic) bond motifs is 2. The van der Waals surface area contributed by atoms with E-state index in [2.05, 4.69) is 25.4 Å². The van der Waals surface area contributed by atoms with Gasteiger partial charge < -0.3 is 15.0 Å². The van der Waals surface area contributed by atoms with Gasteiger partial charge in [0.05, 0.1) is 40.4 Å². The van der Waals surface area contributed by atoms with Gasteiger partial charge in [0.25, 0.3) is 5.91 Å². The van der Waals surface area contributed by atoms with E-state index in [-0.39, 0.29) is 5.91 Å². The van der Waals surface area contributed by atoms with E-state index in [1.807, 2.05) is 58.2 Å². The summed E-state index contributed by atoms with van der Waals surface area (Å²) < 4.78 is 7.96. The molecule has 0 aliphatic rings. The average Bonchev–Trinajstić information content (AvgIpc) is 3.49. The molecule has 2 aromatic carbocycles. The van der Waals surface area contributed by atoms with Crippen molar-refractivity contribution in [3.63, 3.8) is 0 Å². The van der Waals surface area contributed by atoms with Gasteiger partial charge in [-0.2, -0.15) is 5.10 Å². The van der Waals surface area contributed by atoms with Gasteiger partial charge in [0.1, 0.15) is 17.9 Å². The number of thiazole rings is 1. The van der Waals surface area contributed by atoms with E-state index in [0.29, 0.717) is 23.5 Å². The fourth-order valence-corrected chi connectivity index (χ4v) is 4.32. The zero-order valence-corrected chi connectivity index (χ0v) is 19.8. The number of benzene rings is 2. The molecule has 1 amide bonds. The van der Waals surface area contributed by atoms with Gasteiger partial charge in [-0.15, -0.1) is 11.3 Å². The molecule has 0 saturated carbocycles. The van der Waals surface area contributed by atoms with Crippen LogP contribution in [0, 0.1) is 0 Å². The molecular formula is C24H23N7O2S. The summed E-state index contributed by atoms with van der Waals surface area (Å²) in [5.74, 6) is 1.02. The van der Waals surface area contributed by atoms with Crippen molar-refractivity contribution in [2.45, 2.75) is 19.6 Å². The van der Waals surface area contributed by atoms with E-state index in [4.69, 9.17) is 4.74 Å². The molecule has 0 radical (unpaired) electrons. The number of nitrogens with zero attached hydrogens (tertiary/aromatic N) is 6. The third-order valence-corrected chi connectivity index (χ3v) is 6.05. The number of carbonyl (C=O) groups is 1. The molecule has 34 heavy (non-hydrogen) atoms. The van der Waals surface area contributed by atoms with Gasteiger partial charge in [-0.25, -0.2) is 15.0 Å². The molecule has 0 fully saturated rings. The monoisotopic (exact) mass is 473 g/mol. The van der Waals surface area contributed by atoms with Crippen molar-refractivity contribution in [2.24, 2.45) is 0 Å². The maximum Gasteiger partial charge on any atom is 0.262 e. The lowest BCUT2D eigenvalue weighted by Gasteiger charge is -2.20. The Balaban J connectivity index is 1.46. The Bertz CT molecular complexity index is 1460. The van der Waals surface area contributed by atoms with Crippen molar-refractivity contribution < 1.29 is 9.53 Å². The average molecular weight is 474 g/mol. The Morgan fingerprint density at radius 3 is 2.88 bits per heavy atom. The van der Waals surface area contributed by atoms with Crippen LogP contribution in [-0.4, -0.2) is 55.7 Å². The molecule has 0 aliphatic carbocycles. The molecule has 0 saturated heterocycles. The van der Waals surface area contributed by atoms with Gasteiger partial charge >= 0.3 is 0 Å². The SMILES string of the molecule is C[C@@H](Oc1cccc2ncnc(Nc3ccc4c(cnn4Cc4cscn4)c3)c12)C(=O)N(C)C. The molecule has 5 aromatic rings. The lowest BCUT2D eigenvalue weighted by molar-refractivity contribution is -0.135. The van der Waals surface area contributed by atoms with Crippen LogP contribution in [0.5, 0.6) is 5.75 Å². The minimum absolute atomic E-state index is 0.122. The van der Waals surface area contributed by atoms with Gasteiger partial charge in [0, 0.05) is 30.5 Å². The summed E-state index contributed by atoms with van der Waals surface area (Å²) in [6.45, 7) is 2.36. The zero-order chi connectivity index (χ0) is 23.7. The second-order valence-electron chi connectivity index (χ2n) is 8.05. The highest BCUT2D eigenvalue weighted by molar-refractivity contribution is 7.07. The number of likely N-dealkylation sites (N-methyl/N-ethyl adjacent to an activating group) is 1. The van der Waals surface area contributed by atoms with Crippen LogP contribution < -0.4 is 10.1 Å². The molecule has 9 nitrogen and oxygen atoms in total. The molecule has 0 unspecified atom stereocenters. The van der Waals surface area contributed by atoms with Crippen molar-refractivity contribution in [2.75, 3.05) is 19.4 Å². The Morgan fingerprint density at radius 1 is 1.21 bits per heavy atom. The highest BCUT2D eigenvalue weighted by atomic mass is 32.1. The number of ether oxygens (including phenoxy) is 1. The van der Waals surface area contributed by atoms with E-state index in [1.165, 1.54) is 11.2 Å². The maximum absolute atomic E-state index is 12.3. The predicted octanol–water partition coefficient (Wildman–Crippen LogP) is 4.08. The molecular weight excluding hydrogens is 450 g/mol. The van der Waals surface area contributed by atoms with E-state index in [9.17, 15) is 4.79 Å². The first kappa shape index (κ1) is 21.8. The molecule has 0 bridgehead atoms.